The molecule has 0 heterocycles. The maximum absolute atomic E-state index is 5.69. The molecule has 0 bridgehead atoms. The molecule has 0 aliphatic heterocycles. The summed E-state index contributed by atoms with van der Waals surface area (Å²) in [4.78, 5) is 0. The first-order chi connectivity index (χ1) is 4.83. The van der Waals surface area contributed by atoms with Gasteiger partial charge in [0.05, 0.1) is 0 Å². The molecule has 0 amide bonds. The Morgan fingerprint density at radius 2 is 1.80 bits per heavy atom. The molecule has 1 rings (SSSR count). The highest BCUT2D eigenvalue weighted by molar-refractivity contribution is 7.80. The van der Waals surface area contributed by atoms with Crippen molar-refractivity contribution in [3.63, 3.8) is 0 Å². The molecule has 0 unspecified atom stereocenters. The van der Waals surface area contributed by atoms with Crippen molar-refractivity contribution in [2.75, 3.05) is 5.75 Å². The van der Waals surface area contributed by atoms with Crippen LogP contribution in [-0.2, 0) is 6.42 Å². The zero-order valence-electron chi connectivity index (χ0n) is 5.55. The normalized spacial score (nSPS) is 9.80. The Balaban J connectivity index is 2.69. The average molecular weight is 173 g/mol. The van der Waals surface area contributed by atoms with E-state index in [0.29, 0.717) is 0 Å². The lowest BCUT2D eigenvalue weighted by Crippen LogP contribution is -1.83. The van der Waals surface area contributed by atoms with E-state index in [4.69, 9.17) is 11.6 Å². The molecule has 2 heteroatoms. The molecule has 0 spiro atoms. The number of thiol groups is 1. The third-order valence-corrected chi connectivity index (χ3v) is 1.79. The third-order valence-electron chi connectivity index (χ3n) is 1.31. The first-order valence-corrected chi connectivity index (χ1v) is 4.19. The van der Waals surface area contributed by atoms with Crippen molar-refractivity contribution in [2.24, 2.45) is 0 Å². The third kappa shape index (κ3) is 2.24. The highest BCUT2D eigenvalue weighted by Gasteiger charge is 1.89. The zero-order chi connectivity index (χ0) is 7.40. The first kappa shape index (κ1) is 7.96. The van der Waals surface area contributed by atoms with Crippen LogP contribution in [0.25, 0.3) is 0 Å². The van der Waals surface area contributed by atoms with Crippen molar-refractivity contribution in [2.45, 2.75) is 6.42 Å². The summed E-state index contributed by atoms with van der Waals surface area (Å²) in [5.74, 6) is 0.891. The van der Waals surface area contributed by atoms with E-state index in [9.17, 15) is 0 Å². The number of hydrogen-bond acceptors (Lipinski definition) is 1. The maximum Gasteiger partial charge on any atom is 0.0406 e. The Labute approximate surface area is 71.6 Å². The molecule has 0 saturated heterocycles. The van der Waals surface area contributed by atoms with E-state index in [0.717, 1.165) is 17.2 Å². The SMILES string of the molecule is SCCc1ccc(Cl)cc1. The van der Waals surface area contributed by atoms with Gasteiger partial charge >= 0.3 is 0 Å². The molecule has 0 N–H and O–H groups in total. The average Bonchev–Trinajstić information content (AvgIpc) is 1.95. The van der Waals surface area contributed by atoms with E-state index in [-0.39, 0.29) is 0 Å². The van der Waals surface area contributed by atoms with Crippen molar-refractivity contribution in [3.8, 4) is 0 Å². The van der Waals surface area contributed by atoms with Crippen molar-refractivity contribution < 1.29 is 0 Å². The minimum atomic E-state index is 0.794. The minimum absolute atomic E-state index is 0.794. The molecule has 54 valence electrons. The lowest BCUT2D eigenvalue weighted by Gasteiger charge is -1.95. The fraction of sp³-hybridized carbons (Fsp3) is 0.250. The summed E-state index contributed by atoms with van der Waals surface area (Å²) < 4.78 is 0. The Hall–Kier alpha value is -0.140. The van der Waals surface area contributed by atoms with Gasteiger partial charge in [-0.2, -0.15) is 12.6 Å². The summed E-state index contributed by atoms with van der Waals surface area (Å²) in [6.07, 6.45) is 1.01. The van der Waals surface area contributed by atoms with Gasteiger partial charge in [0.25, 0.3) is 0 Å². The van der Waals surface area contributed by atoms with Gasteiger partial charge in [0.15, 0.2) is 0 Å². The molecule has 0 aliphatic carbocycles. The van der Waals surface area contributed by atoms with Crippen molar-refractivity contribution >= 4 is 24.2 Å². The lowest BCUT2D eigenvalue weighted by atomic mass is 10.2. The van der Waals surface area contributed by atoms with Crippen LogP contribution in [0, 0.1) is 0 Å². The van der Waals surface area contributed by atoms with Gasteiger partial charge in [-0.05, 0) is 29.9 Å². The summed E-state index contributed by atoms with van der Waals surface area (Å²) in [7, 11) is 0. The number of benzene rings is 1. The van der Waals surface area contributed by atoms with Crippen molar-refractivity contribution in [1.29, 1.82) is 0 Å². The molecule has 0 radical (unpaired) electrons. The van der Waals surface area contributed by atoms with Crippen molar-refractivity contribution in [3.05, 3.63) is 34.9 Å². The highest BCUT2D eigenvalue weighted by Crippen LogP contribution is 2.09. The van der Waals surface area contributed by atoms with Crippen LogP contribution < -0.4 is 0 Å². The summed E-state index contributed by atoms with van der Waals surface area (Å²) in [6.45, 7) is 0. The van der Waals surface area contributed by atoms with Crippen LogP contribution in [0.4, 0.5) is 0 Å². The monoisotopic (exact) mass is 172 g/mol. The fourth-order valence-corrected chi connectivity index (χ4v) is 1.16. The quantitative estimate of drug-likeness (QED) is 0.652. The highest BCUT2D eigenvalue weighted by atomic mass is 35.5. The Bertz CT molecular complexity index is 193. The Morgan fingerprint density at radius 3 is 2.30 bits per heavy atom. The molecule has 0 nitrogen and oxygen atoms in total. The van der Waals surface area contributed by atoms with Gasteiger partial charge in [-0.1, -0.05) is 23.7 Å². The van der Waals surface area contributed by atoms with E-state index >= 15 is 0 Å². The van der Waals surface area contributed by atoms with Crippen LogP contribution in [0.1, 0.15) is 5.56 Å². The predicted molar refractivity (Wildman–Crippen MR) is 49.0 cm³/mol. The number of rotatable bonds is 2. The molecule has 1 aromatic rings. The predicted octanol–water partition coefficient (Wildman–Crippen LogP) is 2.81. The Kier molecular flexibility index (Phi) is 3.10. The summed E-state index contributed by atoms with van der Waals surface area (Å²) >= 11 is 9.82. The van der Waals surface area contributed by atoms with Crippen LogP contribution in [0.15, 0.2) is 24.3 Å². The van der Waals surface area contributed by atoms with E-state index < -0.39 is 0 Å². The van der Waals surface area contributed by atoms with E-state index in [1.54, 1.807) is 0 Å². The van der Waals surface area contributed by atoms with Crippen LogP contribution in [0.3, 0.4) is 0 Å². The van der Waals surface area contributed by atoms with Gasteiger partial charge in [0.2, 0.25) is 0 Å². The van der Waals surface area contributed by atoms with Crippen molar-refractivity contribution in [1.82, 2.24) is 0 Å². The van der Waals surface area contributed by atoms with Gasteiger partial charge in [0.1, 0.15) is 0 Å². The number of hydrogen-bond donors (Lipinski definition) is 1. The second-order valence-corrected chi connectivity index (χ2v) is 2.98. The summed E-state index contributed by atoms with van der Waals surface area (Å²) in [6, 6.07) is 7.86. The smallest absolute Gasteiger partial charge is 0.0406 e. The molecular weight excluding hydrogens is 164 g/mol. The standard InChI is InChI=1S/C8H9ClS/c9-8-3-1-7(2-4-8)5-6-10/h1-4,10H,5-6H2. The van der Waals surface area contributed by atoms with Crippen LogP contribution >= 0.6 is 24.2 Å². The largest absolute Gasteiger partial charge is 0.179 e. The van der Waals surface area contributed by atoms with E-state index in [1.807, 2.05) is 24.3 Å². The molecule has 0 aromatic heterocycles. The number of aryl methyl sites for hydroxylation is 1. The number of halogens is 1. The first-order valence-electron chi connectivity index (χ1n) is 3.18. The molecule has 0 fully saturated rings. The molecule has 0 aliphatic rings. The molecule has 0 saturated carbocycles. The van der Waals surface area contributed by atoms with Crippen LogP contribution in [-0.4, -0.2) is 5.75 Å². The van der Waals surface area contributed by atoms with Gasteiger partial charge in [0, 0.05) is 5.02 Å². The van der Waals surface area contributed by atoms with E-state index in [2.05, 4.69) is 12.6 Å². The summed E-state index contributed by atoms with van der Waals surface area (Å²) in [5, 5.41) is 0.794. The second kappa shape index (κ2) is 3.89. The van der Waals surface area contributed by atoms with Gasteiger partial charge in [-0.3, -0.25) is 0 Å². The lowest BCUT2D eigenvalue weighted by molar-refractivity contribution is 1.16. The second-order valence-electron chi connectivity index (χ2n) is 2.10. The minimum Gasteiger partial charge on any atom is -0.179 e. The maximum atomic E-state index is 5.69. The topological polar surface area (TPSA) is 0 Å². The molecule has 1 aromatic carbocycles. The molecule has 0 atom stereocenters. The van der Waals surface area contributed by atoms with Gasteiger partial charge in [-0.25, -0.2) is 0 Å². The van der Waals surface area contributed by atoms with E-state index in [1.165, 1.54) is 5.56 Å². The van der Waals surface area contributed by atoms with Gasteiger partial charge in [-0.15, -0.1) is 0 Å². The Morgan fingerprint density at radius 1 is 1.20 bits per heavy atom. The van der Waals surface area contributed by atoms with Crippen LogP contribution in [0.5, 0.6) is 0 Å². The van der Waals surface area contributed by atoms with Gasteiger partial charge < -0.3 is 0 Å². The zero-order valence-corrected chi connectivity index (χ0v) is 7.20. The van der Waals surface area contributed by atoms with Crippen LogP contribution in [0.2, 0.25) is 5.02 Å². The fourth-order valence-electron chi connectivity index (χ4n) is 0.780. The molecule has 10 heavy (non-hydrogen) atoms. The summed E-state index contributed by atoms with van der Waals surface area (Å²) in [5.41, 5.74) is 1.29. The molecular formula is C8H9ClS.